The van der Waals surface area contributed by atoms with Gasteiger partial charge >= 0.3 is 5.97 Å². The number of carboxylic acids is 1. The lowest BCUT2D eigenvalue weighted by molar-refractivity contribution is -0.143. The summed E-state index contributed by atoms with van der Waals surface area (Å²) in [6.45, 7) is 3.46. The van der Waals surface area contributed by atoms with Crippen molar-refractivity contribution in [1.29, 1.82) is 0 Å². The van der Waals surface area contributed by atoms with E-state index in [1.165, 1.54) is 12.1 Å². The number of benzene rings is 1. The topological polar surface area (TPSA) is 86.6 Å². The van der Waals surface area contributed by atoms with Crippen molar-refractivity contribution in [1.82, 2.24) is 5.32 Å². The molecule has 0 aliphatic rings. The smallest absolute Gasteiger partial charge is 0.326 e. The van der Waals surface area contributed by atoms with Crippen molar-refractivity contribution in [3.63, 3.8) is 0 Å². The maximum Gasteiger partial charge on any atom is 0.326 e. The summed E-state index contributed by atoms with van der Waals surface area (Å²) in [6, 6.07) is 5.43. The molecule has 5 nitrogen and oxygen atoms in total. The number of hydrogen-bond donors (Lipinski definition) is 3. The number of amides is 1. The third kappa shape index (κ3) is 4.08. The molecule has 1 rings (SSSR count). The van der Waals surface area contributed by atoms with Crippen LogP contribution in [0, 0.1) is 5.92 Å². The third-order valence-electron chi connectivity index (χ3n) is 2.52. The van der Waals surface area contributed by atoms with Crippen LogP contribution in [0.3, 0.4) is 0 Å². The van der Waals surface area contributed by atoms with Gasteiger partial charge in [-0.2, -0.15) is 0 Å². The van der Waals surface area contributed by atoms with E-state index in [0.29, 0.717) is 5.56 Å². The van der Waals surface area contributed by atoms with Gasteiger partial charge in [-0.1, -0.05) is 26.0 Å². The number of phenols is 1. The number of hydrogen-bond acceptors (Lipinski definition) is 3. The van der Waals surface area contributed by atoms with Crippen LogP contribution in [0.25, 0.3) is 0 Å². The zero-order valence-corrected chi connectivity index (χ0v) is 10.4. The van der Waals surface area contributed by atoms with Gasteiger partial charge in [0.25, 0.3) is 0 Å². The summed E-state index contributed by atoms with van der Waals surface area (Å²) in [6.07, 6.45) is 0.0465. The molecule has 0 spiro atoms. The largest absolute Gasteiger partial charge is 0.508 e. The molecule has 0 fully saturated rings. The molecular weight excluding hydrogens is 234 g/mol. The number of carboxylic acid groups (broad SMARTS) is 1. The van der Waals surface area contributed by atoms with Gasteiger partial charge in [0.15, 0.2) is 0 Å². The predicted octanol–water partition coefficient (Wildman–Crippen LogP) is 1.16. The molecule has 1 aromatic carbocycles. The highest BCUT2D eigenvalue weighted by Gasteiger charge is 2.23. The maximum atomic E-state index is 11.7. The minimum atomic E-state index is -1.05. The standard InChI is InChI=1S/C13H17NO4/c1-8(2)12(13(17)18)14-11(16)7-9-4-3-5-10(15)6-9/h3-6,8,12,15H,7H2,1-2H3,(H,14,16)(H,17,18)/t12-/m0/s1. The SMILES string of the molecule is CC(C)[C@H](NC(=O)Cc1cccc(O)c1)C(=O)O. The van der Waals surface area contributed by atoms with Crippen LogP contribution in [0.15, 0.2) is 24.3 Å². The molecule has 5 heteroatoms. The van der Waals surface area contributed by atoms with Crippen LogP contribution in [-0.4, -0.2) is 28.1 Å². The molecule has 98 valence electrons. The molecule has 0 heterocycles. The van der Waals surface area contributed by atoms with Gasteiger partial charge in [0.1, 0.15) is 11.8 Å². The zero-order valence-electron chi connectivity index (χ0n) is 10.4. The zero-order chi connectivity index (χ0) is 13.7. The summed E-state index contributed by atoms with van der Waals surface area (Å²) in [7, 11) is 0. The predicted molar refractivity (Wildman–Crippen MR) is 66.2 cm³/mol. The third-order valence-corrected chi connectivity index (χ3v) is 2.52. The van der Waals surface area contributed by atoms with E-state index in [2.05, 4.69) is 5.32 Å². The second-order valence-electron chi connectivity index (χ2n) is 4.47. The van der Waals surface area contributed by atoms with Gasteiger partial charge in [0, 0.05) is 0 Å². The summed E-state index contributed by atoms with van der Waals surface area (Å²) < 4.78 is 0. The Morgan fingerprint density at radius 1 is 1.33 bits per heavy atom. The van der Waals surface area contributed by atoms with E-state index in [1.807, 2.05) is 0 Å². The Balaban J connectivity index is 2.63. The molecule has 0 aliphatic heterocycles. The summed E-state index contributed by atoms with van der Waals surface area (Å²) in [5.74, 6) is -1.52. The van der Waals surface area contributed by atoms with Crippen LogP contribution in [0.4, 0.5) is 0 Å². The molecule has 0 saturated heterocycles. The summed E-state index contributed by atoms with van der Waals surface area (Å²) in [4.78, 5) is 22.6. The van der Waals surface area contributed by atoms with E-state index in [4.69, 9.17) is 5.11 Å². The molecule has 0 aliphatic carbocycles. The first-order valence-electron chi connectivity index (χ1n) is 5.70. The second kappa shape index (κ2) is 6.05. The normalized spacial score (nSPS) is 12.2. The fraction of sp³-hybridized carbons (Fsp3) is 0.385. The summed E-state index contributed by atoms with van der Waals surface area (Å²) in [5.41, 5.74) is 0.639. The average molecular weight is 251 g/mol. The van der Waals surface area contributed by atoms with E-state index in [-0.39, 0.29) is 24.0 Å². The van der Waals surface area contributed by atoms with Gasteiger partial charge in [-0.05, 0) is 23.6 Å². The fourth-order valence-electron chi connectivity index (χ4n) is 1.59. The van der Waals surface area contributed by atoms with E-state index in [0.717, 1.165) is 0 Å². The first-order valence-corrected chi connectivity index (χ1v) is 5.70. The maximum absolute atomic E-state index is 11.7. The van der Waals surface area contributed by atoms with E-state index in [9.17, 15) is 14.7 Å². The van der Waals surface area contributed by atoms with Crippen LogP contribution >= 0.6 is 0 Å². The molecule has 0 bridgehead atoms. The Morgan fingerprint density at radius 3 is 2.50 bits per heavy atom. The van der Waals surface area contributed by atoms with Crippen molar-refractivity contribution in [3.8, 4) is 5.75 Å². The number of carbonyl (C=O) groups excluding carboxylic acids is 1. The van der Waals surface area contributed by atoms with Crippen molar-refractivity contribution < 1.29 is 19.8 Å². The average Bonchev–Trinajstić information content (AvgIpc) is 2.25. The Bertz CT molecular complexity index is 442. The van der Waals surface area contributed by atoms with Gasteiger partial charge in [-0.3, -0.25) is 4.79 Å². The molecule has 0 aromatic heterocycles. The number of carbonyl (C=O) groups is 2. The van der Waals surface area contributed by atoms with Crippen LogP contribution in [-0.2, 0) is 16.0 Å². The molecule has 0 saturated carbocycles. The number of nitrogens with one attached hydrogen (secondary N) is 1. The minimum absolute atomic E-state index is 0.0465. The molecule has 18 heavy (non-hydrogen) atoms. The van der Waals surface area contributed by atoms with Crippen molar-refractivity contribution in [2.24, 2.45) is 5.92 Å². The van der Waals surface area contributed by atoms with Crippen LogP contribution < -0.4 is 5.32 Å². The van der Waals surface area contributed by atoms with Crippen molar-refractivity contribution in [3.05, 3.63) is 29.8 Å². The Kier molecular flexibility index (Phi) is 4.71. The number of aromatic hydroxyl groups is 1. The van der Waals surface area contributed by atoms with Gasteiger partial charge in [0.05, 0.1) is 6.42 Å². The van der Waals surface area contributed by atoms with Crippen LogP contribution in [0.5, 0.6) is 5.75 Å². The quantitative estimate of drug-likeness (QED) is 0.733. The van der Waals surface area contributed by atoms with E-state index < -0.39 is 12.0 Å². The Labute approximate surface area is 105 Å². The molecule has 1 aromatic rings. The lowest BCUT2D eigenvalue weighted by Crippen LogP contribution is -2.44. The highest BCUT2D eigenvalue weighted by molar-refractivity contribution is 5.85. The fourth-order valence-corrected chi connectivity index (χ4v) is 1.59. The molecule has 1 amide bonds. The van der Waals surface area contributed by atoms with Crippen molar-refractivity contribution >= 4 is 11.9 Å². The summed E-state index contributed by atoms with van der Waals surface area (Å²) in [5, 5.41) is 20.7. The Hall–Kier alpha value is -2.04. The van der Waals surface area contributed by atoms with Gasteiger partial charge in [0.2, 0.25) is 5.91 Å². The highest BCUT2D eigenvalue weighted by Crippen LogP contribution is 2.11. The first kappa shape index (κ1) is 14.0. The first-order chi connectivity index (χ1) is 8.40. The number of phenolic OH excluding ortho intramolecular Hbond substituents is 1. The Morgan fingerprint density at radius 2 is 2.00 bits per heavy atom. The highest BCUT2D eigenvalue weighted by atomic mass is 16.4. The van der Waals surface area contributed by atoms with Gasteiger partial charge < -0.3 is 15.5 Å². The van der Waals surface area contributed by atoms with Crippen LogP contribution in [0.1, 0.15) is 19.4 Å². The number of aliphatic carboxylic acids is 1. The molecule has 0 radical (unpaired) electrons. The van der Waals surface area contributed by atoms with Gasteiger partial charge in [-0.15, -0.1) is 0 Å². The second-order valence-corrected chi connectivity index (χ2v) is 4.47. The van der Waals surface area contributed by atoms with E-state index >= 15 is 0 Å². The molecule has 3 N–H and O–H groups in total. The lowest BCUT2D eigenvalue weighted by atomic mass is 10.0. The molecular formula is C13H17NO4. The monoisotopic (exact) mass is 251 g/mol. The van der Waals surface area contributed by atoms with Crippen molar-refractivity contribution in [2.75, 3.05) is 0 Å². The van der Waals surface area contributed by atoms with Crippen molar-refractivity contribution in [2.45, 2.75) is 26.3 Å². The molecule has 1 atom stereocenters. The lowest BCUT2D eigenvalue weighted by Gasteiger charge is -2.17. The summed E-state index contributed by atoms with van der Waals surface area (Å²) >= 11 is 0. The van der Waals surface area contributed by atoms with Crippen LogP contribution in [0.2, 0.25) is 0 Å². The van der Waals surface area contributed by atoms with Gasteiger partial charge in [-0.25, -0.2) is 4.79 Å². The molecule has 0 unspecified atom stereocenters. The number of rotatable bonds is 5. The van der Waals surface area contributed by atoms with E-state index in [1.54, 1.807) is 26.0 Å². The minimum Gasteiger partial charge on any atom is -0.508 e.